The number of Topliss-reactive ketones (excluding diaryl/α,β-unsaturated/α-hetero) is 1. The number of unbranched alkanes of at least 4 members (excludes halogenated alkanes) is 1. The van der Waals surface area contributed by atoms with Crippen molar-refractivity contribution >= 4 is 32.7 Å². The number of rotatable bonds is 12. The Labute approximate surface area is 201 Å². The van der Waals surface area contributed by atoms with Crippen LogP contribution in [0.1, 0.15) is 46.5 Å². The summed E-state index contributed by atoms with van der Waals surface area (Å²) in [5.41, 5.74) is 3.20. The second kappa shape index (κ2) is 11.6. The molecule has 1 heterocycles. The number of hydrogen-bond acceptors (Lipinski definition) is 6. The monoisotopic (exact) mass is 488 g/mol. The molecule has 0 saturated carbocycles. The second-order valence-corrected chi connectivity index (χ2v) is 10.0. The quantitative estimate of drug-likeness (QED) is 0.180. The summed E-state index contributed by atoms with van der Waals surface area (Å²) < 4.78 is 39.3. The summed E-state index contributed by atoms with van der Waals surface area (Å²) in [6.07, 6.45) is 2.45. The molecule has 1 aromatic carbocycles. The first kappa shape index (κ1) is 25.8. The molecule has 184 valence electrons. The number of ketones is 1. The van der Waals surface area contributed by atoms with Gasteiger partial charge >= 0.3 is 0 Å². The van der Waals surface area contributed by atoms with Crippen molar-refractivity contribution in [1.29, 1.82) is 0 Å². The van der Waals surface area contributed by atoms with Gasteiger partial charge < -0.3 is 14.1 Å². The van der Waals surface area contributed by atoms with Gasteiger partial charge in [0.2, 0.25) is 5.36 Å². The van der Waals surface area contributed by atoms with Crippen LogP contribution < -0.4 is 14.8 Å². The van der Waals surface area contributed by atoms with E-state index < -0.39 is 10.1 Å². The summed E-state index contributed by atoms with van der Waals surface area (Å²) in [5, 5.41) is 1.04. The third-order valence-corrected chi connectivity index (χ3v) is 6.68. The smallest absolute Gasteiger partial charge is 0.264 e. The lowest BCUT2D eigenvalue weighted by atomic mass is 10.2. The third kappa shape index (κ3) is 7.11. The van der Waals surface area contributed by atoms with Crippen LogP contribution in [0.3, 0.4) is 0 Å². The number of carbonyl (C=O) groups is 1. The zero-order valence-corrected chi connectivity index (χ0v) is 21.0. The molecule has 0 unspecified atom stereocenters. The summed E-state index contributed by atoms with van der Waals surface area (Å²) in [4.78, 5) is 18.2. The van der Waals surface area contributed by atoms with Crippen molar-refractivity contribution in [3.8, 4) is 11.5 Å². The van der Waals surface area contributed by atoms with E-state index in [0.717, 1.165) is 48.3 Å². The van der Waals surface area contributed by atoms with Crippen molar-refractivity contribution in [2.75, 3.05) is 36.8 Å². The molecule has 0 amide bonds. The molecule has 9 heteroatoms. The highest BCUT2D eigenvalue weighted by Gasteiger charge is 2.14. The van der Waals surface area contributed by atoms with Crippen LogP contribution in [0.5, 0.6) is 0 Å². The van der Waals surface area contributed by atoms with Crippen LogP contribution in [0.15, 0.2) is 40.8 Å². The lowest BCUT2D eigenvalue weighted by Crippen LogP contribution is -2.31. The molecule has 0 fully saturated rings. The van der Waals surface area contributed by atoms with Gasteiger partial charge in [-0.1, -0.05) is 0 Å². The van der Waals surface area contributed by atoms with Crippen molar-refractivity contribution in [2.45, 2.75) is 46.5 Å². The lowest BCUT2D eigenvalue weighted by molar-refractivity contribution is -0.117. The molecule has 3 rings (SSSR count). The average Bonchev–Trinajstić information content (AvgIpc) is 2.79. The van der Waals surface area contributed by atoms with Crippen molar-refractivity contribution < 1.29 is 22.2 Å². The van der Waals surface area contributed by atoms with Crippen molar-refractivity contribution in [2.24, 2.45) is 0 Å². The summed E-state index contributed by atoms with van der Waals surface area (Å²) in [6, 6.07) is 11.9. The molecule has 0 radical (unpaired) electrons. The van der Waals surface area contributed by atoms with E-state index in [9.17, 15) is 13.2 Å². The van der Waals surface area contributed by atoms with Crippen LogP contribution in [0.4, 0.5) is 5.69 Å². The molecule has 0 spiro atoms. The maximum absolute atomic E-state index is 11.3. The molecular weight excluding hydrogens is 454 g/mol. The topological polar surface area (TPSA) is 104 Å². The van der Waals surface area contributed by atoms with Gasteiger partial charge in [-0.05, 0) is 51.8 Å². The predicted octanol–water partition coefficient (Wildman–Crippen LogP) is 3.59. The Bertz CT molecular complexity index is 1280. The first-order valence-electron chi connectivity index (χ1n) is 11.8. The highest BCUT2D eigenvalue weighted by Crippen LogP contribution is 2.27. The molecule has 0 bridgehead atoms. The van der Waals surface area contributed by atoms with Crippen LogP contribution in [-0.2, 0) is 14.9 Å². The van der Waals surface area contributed by atoms with Gasteiger partial charge in [-0.15, -0.1) is 0 Å². The molecule has 2 aliphatic rings. The van der Waals surface area contributed by atoms with Crippen LogP contribution in [0.25, 0.3) is 22.6 Å². The Morgan fingerprint density at radius 1 is 1.12 bits per heavy atom. The molecule has 1 aromatic rings. The molecule has 34 heavy (non-hydrogen) atoms. The van der Waals surface area contributed by atoms with Gasteiger partial charge in [-0.3, -0.25) is 4.55 Å². The van der Waals surface area contributed by atoms with E-state index in [0.29, 0.717) is 37.2 Å². The molecule has 0 atom stereocenters. The second-order valence-electron chi connectivity index (χ2n) is 8.48. The number of benzene rings is 2. The molecule has 1 aliphatic carbocycles. The van der Waals surface area contributed by atoms with Gasteiger partial charge in [0.15, 0.2) is 11.3 Å². The van der Waals surface area contributed by atoms with Gasteiger partial charge in [-0.2, -0.15) is 8.42 Å². The van der Waals surface area contributed by atoms with Gasteiger partial charge in [0.25, 0.3) is 10.1 Å². The van der Waals surface area contributed by atoms with Crippen LogP contribution in [-0.4, -0.2) is 55.7 Å². The first-order chi connectivity index (χ1) is 16.2. The minimum atomic E-state index is -3.92. The van der Waals surface area contributed by atoms with Gasteiger partial charge in [0.05, 0.1) is 11.8 Å². The summed E-state index contributed by atoms with van der Waals surface area (Å²) in [6.45, 7) is 8.82. The van der Waals surface area contributed by atoms with Crippen LogP contribution in [0.2, 0.25) is 0 Å². The van der Waals surface area contributed by atoms with Gasteiger partial charge in [0, 0.05) is 43.8 Å². The van der Waals surface area contributed by atoms with E-state index in [1.54, 1.807) is 6.92 Å². The van der Waals surface area contributed by atoms with Crippen molar-refractivity contribution in [3.63, 3.8) is 0 Å². The van der Waals surface area contributed by atoms with Crippen molar-refractivity contribution in [1.82, 2.24) is 9.56 Å². The maximum atomic E-state index is 11.3. The molecule has 0 saturated heterocycles. The SMILES string of the molecule is CCN(CCCCS(=O)(=O)O)c1ccc2nc3ccc(=[N+](CC)CCCC(C)=O)cc-3oc2c1. The third-order valence-electron chi connectivity index (χ3n) is 5.88. The Kier molecular flexibility index (Phi) is 8.79. The van der Waals surface area contributed by atoms with E-state index in [1.165, 1.54) is 0 Å². The Morgan fingerprint density at radius 3 is 2.59 bits per heavy atom. The molecule has 1 aliphatic heterocycles. The molecule has 0 aromatic heterocycles. The zero-order valence-electron chi connectivity index (χ0n) is 20.2. The summed E-state index contributed by atoms with van der Waals surface area (Å²) in [5.74, 6) is 0.679. The van der Waals surface area contributed by atoms with E-state index in [2.05, 4.69) is 16.4 Å². The van der Waals surface area contributed by atoms with Crippen LogP contribution in [0, 0.1) is 0 Å². The molecule has 8 nitrogen and oxygen atoms in total. The Hall–Kier alpha value is -2.78. The van der Waals surface area contributed by atoms with Crippen molar-refractivity contribution in [3.05, 3.63) is 41.8 Å². The highest BCUT2D eigenvalue weighted by atomic mass is 32.2. The fourth-order valence-corrected chi connectivity index (χ4v) is 4.61. The predicted molar refractivity (Wildman–Crippen MR) is 135 cm³/mol. The largest absolute Gasteiger partial charge is 0.452 e. The minimum absolute atomic E-state index is 0.204. The number of nitrogens with zero attached hydrogens (tertiary/aromatic N) is 3. The maximum Gasteiger partial charge on any atom is 0.264 e. The number of hydrogen-bond donors (Lipinski definition) is 1. The fraction of sp³-hybridized carbons (Fsp3) is 0.480. The minimum Gasteiger partial charge on any atom is -0.452 e. The Balaban J connectivity index is 1.87. The van der Waals surface area contributed by atoms with Gasteiger partial charge in [-0.25, -0.2) is 9.56 Å². The normalized spacial score (nSPS) is 12.8. The van der Waals surface area contributed by atoms with Crippen LogP contribution >= 0.6 is 0 Å². The Morgan fingerprint density at radius 2 is 1.91 bits per heavy atom. The van der Waals surface area contributed by atoms with E-state index in [1.807, 2.05) is 43.3 Å². The summed E-state index contributed by atoms with van der Waals surface area (Å²) >= 11 is 0. The zero-order chi connectivity index (χ0) is 24.7. The first-order valence-corrected chi connectivity index (χ1v) is 13.4. The average molecular weight is 489 g/mol. The van der Waals surface area contributed by atoms with E-state index in [4.69, 9.17) is 14.0 Å². The number of carbonyl (C=O) groups excluding carboxylic acids is 1. The fourth-order valence-electron chi connectivity index (χ4n) is 4.04. The standard InChI is InChI=1S/C25H33N3O5S/c1-4-27(14-6-7-16-34(30,31)32)20-10-12-22-24(17-20)33-25-18-21(11-13-23(25)26-22)28(5-2)15-8-9-19(3)29/h10-13,17-18H,4-9,14-16H2,1-3H3/p+1. The number of aromatic nitrogens is 1. The number of anilines is 1. The molecular formula is C25H34N3O5S+. The van der Waals surface area contributed by atoms with Gasteiger partial charge in [0.1, 0.15) is 30.1 Å². The van der Waals surface area contributed by atoms with E-state index in [-0.39, 0.29) is 11.5 Å². The van der Waals surface area contributed by atoms with E-state index >= 15 is 0 Å². The molecule has 1 N–H and O–H groups in total. The summed E-state index contributed by atoms with van der Waals surface area (Å²) in [7, 11) is -3.92. The highest BCUT2D eigenvalue weighted by molar-refractivity contribution is 7.85. The number of fused-ring (bicyclic) bond motifs is 2. The lowest BCUT2D eigenvalue weighted by Gasteiger charge is -2.23.